The van der Waals surface area contributed by atoms with Crippen molar-refractivity contribution in [2.75, 3.05) is 19.6 Å². The van der Waals surface area contributed by atoms with Gasteiger partial charge in [0.25, 0.3) is 0 Å². The fourth-order valence-corrected chi connectivity index (χ4v) is 4.38. The van der Waals surface area contributed by atoms with Gasteiger partial charge in [-0.1, -0.05) is 0 Å². The zero-order chi connectivity index (χ0) is 13.0. The maximum Gasteiger partial charge on any atom is 0.320 e. The van der Waals surface area contributed by atoms with Crippen molar-refractivity contribution in [1.29, 1.82) is 0 Å². The molecule has 2 bridgehead atoms. The van der Waals surface area contributed by atoms with Crippen LogP contribution in [0.2, 0.25) is 0 Å². The van der Waals surface area contributed by atoms with Gasteiger partial charge in [-0.25, -0.2) is 0 Å². The Morgan fingerprint density at radius 1 is 1.32 bits per heavy atom. The third-order valence-corrected chi connectivity index (χ3v) is 5.23. The van der Waals surface area contributed by atoms with E-state index in [1.165, 1.54) is 12.8 Å². The molecule has 2 aliphatic carbocycles. The van der Waals surface area contributed by atoms with Crippen molar-refractivity contribution >= 4 is 11.9 Å². The van der Waals surface area contributed by atoms with Crippen molar-refractivity contribution in [2.24, 2.45) is 17.8 Å². The summed E-state index contributed by atoms with van der Waals surface area (Å²) in [5.41, 5.74) is 0. The number of ether oxygens (including phenoxy) is 2. The molecule has 0 N–H and O–H groups in total. The Morgan fingerprint density at radius 2 is 2.11 bits per heavy atom. The van der Waals surface area contributed by atoms with E-state index in [1.807, 2.05) is 0 Å². The van der Waals surface area contributed by atoms with Crippen LogP contribution in [0.3, 0.4) is 0 Å². The molecule has 104 valence electrons. The quantitative estimate of drug-likeness (QED) is 0.699. The summed E-state index contributed by atoms with van der Waals surface area (Å²) < 4.78 is 11.0. The molecule has 0 aromatic carbocycles. The Balaban J connectivity index is 1.38. The number of fused-ring (bicyclic) bond motifs is 1. The minimum atomic E-state index is -0.178. The highest BCUT2D eigenvalue weighted by Gasteiger charge is 2.63. The summed E-state index contributed by atoms with van der Waals surface area (Å²) in [6.07, 6.45) is 3.85. The Bertz CT molecular complexity index is 418. The summed E-state index contributed by atoms with van der Waals surface area (Å²) in [6.45, 7) is 2.37. The van der Waals surface area contributed by atoms with Crippen LogP contribution in [-0.4, -0.2) is 48.7 Å². The van der Waals surface area contributed by atoms with Gasteiger partial charge in [0.2, 0.25) is 0 Å². The lowest BCUT2D eigenvalue weighted by Gasteiger charge is -2.26. The van der Waals surface area contributed by atoms with Gasteiger partial charge < -0.3 is 9.47 Å². The van der Waals surface area contributed by atoms with E-state index in [0.717, 1.165) is 25.9 Å². The average Bonchev–Trinajstić information content (AvgIpc) is 3.07. The molecule has 4 rings (SSSR count). The maximum absolute atomic E-state index is 12.0. The molecular formula is C14H19NO4. The molecule has 2 saturated carbocycles. The van der Waals surface area contributed by atoms with Gasteiger partial charge in [-0.15, -0.1) is 0 Å². The number of esters is 2. The third kappa shape index (κ3) is 1.78. The van der Waals surface area contributed by atoms with Crippen molar-refractivity contribution in [3.63, 3.8) is 0 Å². The van der Waals surface area contributed by atoms with Crippen molar-refractivity contribution < 1.29 is 19.1 Å². The molecule has 0 radical (unpaired) electrons. The lowest BCUT2D eigenvalue weighted by atomic mass is 9.88. The van der Waals surface area contributed by atoms with Crippen LogP contribution in [0.1, 0.15) is 25.7 Å². The Labute approximate surface area is 112 Å². The molecule has 0 amide bonds. The Morgan fingerprint density at radius 3 is 2.89 bits per heavy atom. The van der Waals surface area contributed by atoms with Crippen molar-refractivity contribution in [1.82, 2.24) is 4.90 Å². The predicted molar refractivity (Wildman–Crippen MR) is 65.1 cm³/mol. The molecule has 5 nitrogen and oxygen atoms in total. The molecule has 2 heterocycles. The number of carbonyl (C=O) groups excluding carboxylic acids is 2. The molecule has 5 atom stereocenters. The summed E-state index contributed by atoms with van der Waals surface area (Å²) in [4.78, 5) is 25.8. The zero-order valence-corrected chi connectivity index (χ0v) is 10.9. The van der Waals surface area contributed by atoms with Gasteiger partial charge in [-0.3, -0.25) is 14.5 Å². The van der Waals surface area contributed by atoms with Crippen molar-refractivity contribution in [2.45, 2.75) is 37.9 Å². The first kappa shape index (κ1) is 11.7. The Kier molecular flexibility index (Phi) is 2.59. The first-order valence-corrected chi connectivity index (χ1v) is 7.35. The van der Waals surface area contributed by atoms with E-state index in [-0.39, 0.29) is 30.1 Å². The van der Waals surface area contributed by atoms with Gasteiger partial charge in [0, 0.05) is 11.8 Å². The van der Waals surface area contributed by atoms with Crippen molar-refractivity contribution in [3.8, 4) is 0 Å². The third-order valence-electron chi connectivity index (χ3n) is 5.23. The summed E-state index contributed by atoms with van der Waals surface area (Å²) in [5, 5.41) is 0. The molecule has 4 fully saturated rings. The minimum Gasteiger partial charge on any atom is -0.458 e. The lowest BCUT2D eigenvalue weighted by Crippen LogP contribution is -2.39. The van der Waals surface area contributed by atoms with Crippen LogP contribution < -0.4 is 0 Å². The lowest BCUT2D eigenvalue weighted by molar-refractivity contribution is -0.162. The fourth-order valence-electron chi connectivity index (χ4n) is 4.38. The number of rotatable bonds is 3. The van der Waals surface area contributed by atoms with Crippen LogP contribution in [0.4, 0.5) is 0 Å². The van der Waals surface area contributed by atoms with Gasteiger partial charge >= 0.3 is 11.9 Å². The monoisotopic (exact) mass is 265 g/mol. The normalized spacial score (nSPS) is 43.8. The second-order valence-electron chi connectivity index (χ2n) is 6.34. The summed E-state index contributed by atoms with van der Waals surface area (Å²) in [7, 11) is 0. The maximum atomic E-state index is 12.0. The molecule has 5 unspecified atom stereocenters. The minimum absolute atomic E-state index is 0.0735. The Hall–Kier alpha value is -1.10. The standard InChI is InChI=1S/C14H19NO4/c16-11(7-15-3-1-2-4-15)18-12-8-5-9-10(6-8)14(17)19-13(9)12/h8-10,12-13H,1-7H2. The largest absolute Gasteiger partial charge is 0.458 e. The second-order valence-corrected chi connectivity index (χ2v) is 6.34. The molecule has 0 aromatic rings. The fraction of sp³-hybridized carbons (Fsp3) is 0.857. The number of nitrogens with zero attached hydrogens (tertiary/aromatic N) is 1. The van der Waals surface area contributed by atoms with Crippen LogP contribution in [0.25, 0.3) is 0 Å². The molecule has 0 spiro atoms. The molecule has 2 saturated heterocycles. The van der Waals surface area contributed by atoms with Crippen LogP contribution in [0.15, 0.2) is 0 Å². The van der Waals surface area contributed by atoms with E-state index in [4.69, 9.17) is 9.47 Å². The van der Waals surface area contributed by atoms with E-state index in [9.17, 15) is 9.59 Å². The highest BCUT2D eigenvalue weighted by molar-refractivity contribution is 5.77. The predicted octanol–water partition coefficient (Wildman–Crippen LogP) is 0.575. The highest BCUT2D eigenvalue weighted by Crippen LogP contribution is 2.55. The molecule has 4 aliphatic rings. The van der Waals surface area contributed by atoms with E-state index < -0.39 is 0 Å². The van der Waals surface area contributed by atoms with E-state index in [1.54, 1.807) is 0 Å². The molecule has 0 aromatic heterocycles. The summed E-state index contributed by atoms with van der Waals surface area (Å²) in [6, 6.07) is 0. The summed E-state index contributed by atoms with van der Waals surface area (Å²) >= 11 is 0. The first-order valence-electron chi connectivity index (χ1n) is 7.35. The molecule has 19 heavy (non-hydrogen) atoms. The smallest absolute Gasteiger partial charge is 0.320 e. The number of carbonyl (C=O) groups is 2. The van der Waals surface area contributed by atoms with Gasteiger partial charge in [-0.2, -0.15) is 0 Å². The number of hydrogen-bond acceptors (Lipinski definition) is 5. The summed E-state index contributed by atoms with van der Waals surface area (Å²) in [5.74, 6) is 0.508. The van der Waals surface area contributed by atoms with Crippen LogP contribution >= 0.6 is 0 Å². The van der Waals surface area contributed by atoms with Crippen LogP contribution in [-0.2, 0) is 19.1 Å². The van der Waals surface area contributed by atoms with E-state index >= 15 is 0 Å². The van der Waals surface area contributed by atoms with Crippen LogP contribution in [0, 0.1) is 17.8 Å². The zero-order valence-electron chi connectivity index (χ0n) is 10.9. The van der Waals surface area contributed by atoms with Gasteiger partial charge in [0.1, 0.15) is 12.2 Å². The topological polar surface area (TPSA) is 55.8 Å². The van der Waals surface area contributed by atoms with Gasteiger partial charge in [-0.05, 0) is 38.8 Å². The van der Waals surface area contributed by atoms with Gasteiger partial charge in [0.15, 0.2) is 0 Å². The van der Waals surface area contributed by atoms with E-state index in [0.29, 0.717) is 18.4 Å². The average molecular weight is 265 g/mol. The second kappa shape index (κ2) is 4.20. The van der Waals surface area contributed by atoms with Gasteiger partial charge in [0.05, 0.1) is 12.5 Å². The molecule has 5 heteroatoms. The number of hydrogen-bond donors (Lipinski definition) is 0. The van der Waals surface area contributed by atoms with Crippen LogP contribution in [0.5, 0.6) is 0 Å². The van der Waals surface area contributed by atoms with E-state index in [2.05, 4.69) is 4.90 Å². The molecular weight excluding hydrogens is 246 g/mol. The SMILES string of the molecule is O=C(CN1CCCC1)OC1C2CC3C(=O)OC1C3C2. The number of likely N-dealkylation sites (tertiary alicyclic amines) is 1. The highest BCUT2D eigenvalue weighted by atomic mass is 16.6. The first-order chi connectivity index (χ1) is 9.22. The van der Waals surface area contributed by atoms with Crippen molar-refractivity contribution in [3.05, 3.63) is 0 Å². The molecule has 2 aliphatic heterocycles.